The lowest BCUT2D eigenvalue weighted by atomic mass is 10.1. The Labute approximate surface area is 170 Å². The molecule has 1 unspecified atom stereocenters. The number of nitriles is 1. The number of benzene rings is 1. The van der Waals surface area contributed by atoms with Crippen molar-refractivity contribution in [1.82, 2.24) is 0 Å². The molecule has 2 rings (SSSR count). The van der Waals surface area contributed by atoms with E-state index in [0.717, 1.165) is 12.2 Å². The van der Waals surface area contributed by atoms with E-state index in [0.29, 0.717) is 22.6 Å². The van der Waals surface area contributed by atoms with Crippen molar-refractivity contribution in [3.8, 4) is 11.8 Å². The van der Waals surface area contributed by atoms with Crippen LogP contribution >= 0.6 is 31.5 Å². The van der Waals surface area contributed by atoms with E-state index >= 15 is 0 Å². The molecule has 0 aliphatic heterocycles. The summed E-state index contributed by atoms with van der Waals surface area (Å²) in [4.78, 5) is 20.8. The van der Waals surface area contributed by atoms with E-state index in [1.807, 2.05) is 6.26 Å². The summed E-state index contributed by atoms with van der Waals surface area (Å²) in [5.41, 5.74) is 1.31. The number of ether oxygens (including phenoxy) is 1. The molecule has 11 heteroatoms. The second-order valence-electron chi connectivity index (χ2n) is 5.56. The van der Waals surface area contributed by atoms with E-state index in [1.54, 1.807) is 17.8 Å². The Morgan fingerprint density at radius 2 is 2.21 bits per heavy atom. The SMILES string of the molecule is CCOP(O)C(F)(F)c1sc2c(OCCCSC)cc(C(N)=O)cc2c1C#N. The van der Waals surface area contributed by atoms with Gasteiger partial charge in [-0.3, -0.25) is 4.79 Å². The molecule has 0 spiro atoms. The maximum atomic E-state index is 14.7. The number of nitrogens with two attached hydrogens (primary N) is 1. The molecule has 0 saturated heterocycles. The third kappa shape index (κ3) is 4.73. The minimum Gasteiger partial charge on any atom is -0.492 e. The van der Waals surface area contributed by atoms with E-state index < -0.39 is 24.8 Å². The summed E-state index contributed by atoms with van der Waals surface area (Å²) in [5, 5.41) is 9.63. The maximum Gasteiger partial charge on any atom is 0.349 e. The number of carbonyl (C=O) groups excluding carboxylic acids is 1. The highest BCUT2D eigenvalue weighted by Crippen LogP contribution is 2.60. The van der Waals surface area contributed by atoms with Gasteiger partial charge in [0.1, 0.15) is 16.7 Å². The van der Waals surface area contributed by atoms with Crippen LogP contribution in [0.2, 0.25) is 0 Å². The van der Waals surface area contributed by atoms with Gasteiger partial charge in [-0.1, -0.05) is 0 Å². The molecular formula is C17H19F2N2O4PS2. The average molecular weight is 448 g/mol. The Bertz CT molecular complexity index is 901. The van der Waals surface area contributed by atoms with Gasteiger partial charge < -0.3 is 19.9 Å². The van der Waals surface area contributed by atoms with Crippen molar-refractivity contribution in [1.29, 1.82) is 5.26 Å². The second kappa shape index (κ2) is 9.81. The fourth-order valence-electron chi connectivity index (χ4n) is 2.42. The second-order valence-corrected chi connectivity index (χ2v) is 8.93. The Balaban J connectivity index is 2.62. The van der Waals surface area contributed by atoms with Crippen molar-refractivity contribution in [3.63, 3.8) is 0 Å². The monoisotopic (exact) mass is 448 g/mol. The first kappa shape index (κ1) is 22.8. The lowest BCUT2D eigenvalue weighted by molar-refractivity contribution is 0.0691. The third-order valence-electron chi connectivity index (χ3n) is 3.67. The summed E-state index contributed by atoms with van der Waals surface area (Å²) in [7, 11) is -3.11. The molecule has 0 saturated carbocycles. The Hall–Kier alpha value is -1.50. The van der Waals surface area contributed by atoms with Crippen molar-refractivity contribution in [3.05, 3.63) is 28.1 Å². The fraction of sp³-hybridized carbons (Fsp3) is 0.412. The predicted octanol–water partition coefficient (Wildman–Crippen LogP) is 4.39. The summed E-state index contributed by atoms with van der Waals surface area (Å²) in [6, 6.07) is 4.43. The molecule has 0 aliphatic carbocycles. The van der Waals surface area contributed by atoms with Gasteiger partial charge >= 0.3 is 5.66 Å². The quantitative estimate of drug-likeness (QED) is 0.412. The topological polar surface area (TPSA) is 106 Å². The first-order valence-electron chi connectivity index (χ1n) is 8.20. The molecular weight excluding hydrogens is 429 g/mol. The summed E-state index contributed by atoms with van der Waals surface area (Å²) in [6.07, 6.45) is 2.67. The lowest BCUT2D eigenvalue weighted by Crippen LogP contribution is -2.12. The van der Waals surface area contributed by atoms with E-state index in [4.69, 9.17) is 15.0 Å². The van der Waals surface area contributed by atoms with Gasteiger partial charge in [-0.15, -0.1) is 11.3 Å². The van der Waals surface area contributed by atoms with Crippen molar-refractivity contribution < 1.29 is 27.7 Å². The van der Waals surface area contributed by atoms with Gasteiger partial charge in [-0.05, 0) is 37.5 Å². The number of thioether (sulfide) groups is 1. The molecule has 152 valence electrons. The number of alkyl halides is 2. The molecule has 0 radical (unpaired) electrons. The number of primary amides is 1. The van der Waals surface area contributed by atoms with Gasteiger partial charge in [0.25, 0.3) is 0 Å². The van der Waals surface area contributed by atoms with Crippen molar-refractivity contribution in [2.75, 3.05) is 25.2 Å². The van der Waals surface area contributed by atoms with Gasteiger partial charge in [0.05, 0.1) is 23.5 Å². The van der Waals surface area contributed by atoms with Gasteiger partial charge in [0.15, 0.2) is 0 Å². The van der Waals surface area contributed by atoms with Gasteiger partial charge in [-0.25, -0.2) is 0 Å². The maximum absolute atomic E-state index is 14.7. The third-order valence-corrected chi connectivity index (χ3v) is 7.01. The van der Waals surface area contributed by atoms with Crippen molar-refractivity contribution in [2.45, 2.75) is 19.0 Å². The van der Waals surface area contributed by atoms with Crippen molar-refractivity contribution >= 4 is 47.5 Å². The normalized spacial score (nSPS) is 12.7. The van der Waals surface area contributed by atoms with Crippen LogP contribution in [0.25, 0.3) is 10.1 Å². The van der Waals surface area contributed by atoms with Gasteiger partial charge in [-0.2, -0.15) is 25.8 Å². The Morgan fingerprint density at radius 3 is 2.79 bits per heavy atom. The van der Waals surface area contributed by atoms with Crippen LogP contribution in [0.1, 0.15) is 34.1 Å². The molecule has 1 amide bonds. The zero-order chi connectivity index (χ0) is 20.9. The number of thiophene rings is 1. The number of fused-ring (bicyclic) bond motifs is 1. The van der Waals surface area contributed by atoms with E-state index in [2.05, 4.69) is 0 Å². The molecule has 28 heavy (non-hydrogen) atoms. The first-order valence-corrected chi connectivity index (χ1v) is 11.6. The molecule has 3 N–H and O–H groups in total. The molecule has 1 aromatic carbocycles. The lowest BCUT2D eigenvalue weighted by Gasteiger charge is -2.19. The number of nitrogens with zero attached hydrogens (tertiary/aromatic N) is 1. The molecule has 2 aromatic rings. The number of carbonyl (C=O) groups is 1. The first-order chi connectivity index (χ1) is 13.3. The summed E-state index contributed by atoms with van der Waals surface area (Å²) in [6.45, 7) is 1.70. The largest absolute Gasteiger partial charge is 0.492 e. The highest BCUT2D eigenvalue weighted by atomic mass is 32.2. The van der Waals surface area contributed by atoms with Crippen LogP contribution in [0.5, 0.6) is 5.75 Å². The van der Waals surface area contributed by atoms with Crippen molar-refractivity contribution in [2.24, 2.45) is 5.73 Å². The minimum absolute atomic E-state index is 0.0487. The Kier molecular flexibility index (Phi) is 7.98. The van der Waals surface area contributed by atoms with Crippen LogP contribution < -0.4 is 10.5 Å². The number of halogens is 2. The van der Waals surface area contributed by atoms with Gasteiger partial charge in [0, 0.05) is 10.9 Å². The number of rotatable bonds is 10. The smallest absolute Gasteiger partial charge is 0.349 e. The highest BCUT2D eigenvalue weighted by Gasteiger charge is 2.47. The molecule has 1 atom stereocenters. The zero-order valence-corrected chi connectivity index (χ0v) is 17.7. The zero-order valence-electron chi connectivity index (χ0n) is 15.2. The molecule has 0 fully saturated rings. The standard InChI is InChI=1S/C17H19F2N2O4PS2/c1-3-25-26(23)17(18,19)15-12(9-20)11-7-10(16(21)22)8-13(14(11)28-15)24-5-4-6-27-2/h7-8,23H,3-6H2,1-2H3,(H2,21,22). The van der Waals surface area contributed by atoms with E-state index in [1.165, 1.54) is 19.1 Å². The van der Waals surface area contributed by atoms with Crippen LogP contribution in [0, 0.1) is 11.3 Å². The molecule has 0 bridgehead atoms. The van der Waals surface area contributed by atoms with E-state index in [-0.39, 0.29) is 28.9 Å². The van der Waals surface area contributed by atoms with Gasteiger partial charge in [0.2, 0.25) is 14.3 Å². The molecule has 1 heterocycles. The van der Waals surface area contributed by atoms with Crippen LogP contribution in [0.15, 0.2) is 12.1 Å². The highest BCUT2D eigenvalue weighted by molar-refractivity contribution is 7.98. The fourth-order valence-corrected chi connectivity index (χ4v) is 4.96. The molecule has 0 aliphatic rings. The summed E-state index contributed by atoms with van der Waals surface area (Å²) in [5.74, 6) is 0.284. The van der Waals surface area contributed by atoms with Crippen LogP contribution in [0.3, 0.4) is 0 Å². The molecule has 6 nitrogen and oxygen atoms in total. The number of hydrogen-bond acceptors (Lipinski definition) is 7. The predicted molar refractivity (Wildman–Crippen MR) is 108 cm³/mol. The van der Waals surface area contributed by atoms with E-state index in [9.17, 15) is 23.7 Å². The number of amides is 1. The Morgan fingerprint density at radius 1 is 1.50 bits per heavy atom. The minimum atomic E-state index is -3.75. The summed E-state index contributed by atoms with van der Waals surface area (Å²) >= 11 is 2.28. The molecule has 1 aromatic heterocycles. The van der Waals surface area contributed by atoms with Crippen LogP contribution in [-0.2, 0) is 10.2 Å². The van der Waals surface area contributed by atoms with Crippen LogP contribution in [-0.4, -0.2) is 36.0 Å². The summed E-state index contributed by atoms with van der Waals surface area (Å²) < 4.78 is 40.2. The number of hydrogen-bond donors (Lipinski definition) is 2. The van der Waals surface area contributed by atoms with Crippen LogP contribution in [0.4, 0.5) is 8.78 Å². The average Bonchev–Trinajstić information content (AvgIpc) is 3.04.